The molecule has 1 aliphatic heterocycles. The summed E-state index contributed by atoms with van der Waals surface area (Å²) in [6, 6.07) is 8.71. The Labute approximate surface area is 149 Å². The zero-order chi connectivity index (χ0) is 17.4. The molecule has 1 N–H and O–H groups in total. The first-order chi connectivity index (χ1) is 11.5. The van der Waals surface area contributed by atoms with Gasteiger partial charge in [-0.1, -0.05) is 39.8 Å². The van der Waals surface area contributed by atoms with E-state index in [1.807, 2.05) is 4.90 Å². The molecule has 0 radical (unpaired) electrons. The van der Waals surface area contributed by atoms with Crippen LogP contribution in [0.5, 0.6) is 5.75 Å². The third kappa shape index (κ3) is 6.12. The summed E-state index contributed by atoms with van der Waals surface area (Å²) in [5, 5.41) is 0. The normalized spacial score (nSPS) is 21.7. The lowest BCUT2D eigenvalue weighted by Gasteiger charge is -2.27. The van der Waals surface area contributed by atoms with E-state index in [0.29, 0.717) is 0 Å². The molecule has 2 nitrogen and oxygen atoms in total. The second-order valence-electron chi connectivity index (χ2n) is 8.37. The van der Waals surface area contributed by atoms with Gasteiger partial charge in [-0.15, -0.1) is 0 Å². The van der Waals surface area contributed by atoms with Crippen molar-refractivity contribution in [3.8, 4) is 5.75 Å². The molecule has 24 heavy (non-hydrogen) atoms. The number of nitrogens with one attached hydrogen (secondary N) is 1. The van der Waals surface area contributed by atoms with Crippen molar-refractivity contribution < 1.29 is 9.64 Å². The number of likely N-dealkylation sites (tertiary alicyclic amines) is 1. The Morgan fingerprint density at radius 3 is 2.54 bits per heavy atom. The summed E-state index contributed by atoms with van der Waals surface area (Å²) in [5.74, 6) is 1.94. The largest absolute Gasteiger partial charge is 0.494 e. The summed E-state index contributed by atoms with van der Waals surface area (Å²) >= 11 is 0. The van der Waals surface area contributed by atoms with Crippen LogP contribution in [0.2, 0.25) is 0 Å². The quantitative estimate of drug-likeness (QED) is 0.668. The average Bonchev–Trinajstić information content (AvgIpc) is 2.58. The molecule has 136 valence electrons. The first-order valence-corrected chi connectivity index (χ1v) is 10.1. The number of benzene rings is 1. The summed E-state index contributed by atoms with van der Waals surface area (Å²) in [4.78, 5) is 1.82. The maximum Gasteiger partial charge on any atom is 0.119 e. The molecule has 1 heterocycles. The number of hydrogen-bond donors (Lipinski definition) is 1. The third-order valence-electron chi connectivity index (χ3n) is 5.83. The fourth-order valence-corrected chi connectivity index (χ4v) is 3.67. The molecule has 1 aliphatic rings. The summed E-state index contributed by atoms with van der Waals surface area (Å²) in [7, 11) is 0. The Morgan fingerprint density at radius 1 is 1.12 bits per heavy atom. The number of piperidine rings is 1. The maximum atomic E-state index is 5.91. The highest BCUT2D eigenvalue weighted by Crippen LogP contribution is 2.28. The predicted octanol–water partition coefficient (Wildman–Crippen LogP) is 4.24. The van der Waals surface area contributed by atoms with Gasteiger partial charge in [0.15, 0.2) is 0 Å². The van der Waals surface area contributed by atoms with Crippen LogP contribution < -0.4 is 9.64 Å². The maximum absolute atomic E-state index is 5.91. The van der Waals surface area contributed by atoms with Gasteiger partial charge in [-0.2, -0.15) is 0 Å². The summed E-state index contributed by atoms with van der Waals surface area (Å²) in [6.07, 6.45) is 7.82. The van der Waals surface area contributed by atoms with Crippen LogP contribution in [0.3, 0.4) is 0 Å². The number of unbranched alkanes of at least 4 members (excludes halogenated alkanes) is 2. The van der Waals surface area contributed by atoms with Crippen LogP contribution in [0.1, 0.15) is 71.8 Å². The summed E-state index contributed by atoms with van der Waals surface area (Å²) < 4.78 is 5.91. The smallest absolute Gasteiger partial charge is 0.119 e. The Bertz CT molecular complexity index is 465. The molecule has 0 amide bonds. The van der Waals surface area contributed by atoms with Crippen LogP contribution in [0.25, 0.3) is 0 Å². The molecule has 1 aromatic rings. The monoisotopic (exact) mass is 332 g/mol. The molecular formula is C22H38NO+. The van der Waals surface area contributed by atoms with Crippen molar-refractivity contribution in [2.24, 2.45) is 5.92 Å². The van der Waals surface area contributed by atoms with Gasteiger partial charge in [0.05, 0.1) is 26.2 Å². The van der Waals surface area contributed by atoms with Gasteiger partial charge in [0.2, 0.25) is 0 Å². The second kappa shape index (κ2) is 9.46. The average molecular weight is 333 g/mol. The zero-order valence-corrected chi connectivity index (χ0v) is 16.4. The van der Waals surface area contributed by atoms with E-state index < -0.39 is 0 Å². The Kier molecular flexibility index (Phi) is 7.61. The Morgan fingerprint density at radius 2 is 1.88 bits per heavy atom. The van der Waals surface area contributed by atoms with Gasteiger partial charge >= 0.3 is 0 Å². The molecule has 2 heteroatoms. The fourth-order valence-electron chi connectivity index (χ4n) is 3.67. The standard InChI is InChI=1S/C22H37NO/c1-5-22(3,4)20-11-13-21(14-12-20)24-17-8-6-7-15-23-16-9-10-19(2)18-23/h11-14,19H,5-10,15-18H2,1-4H3/p+1/t19-/m1/s1. The lowest BCUT2D eigenvalue weighted by atomic mass is 9.82. The Hall–Kier alpha value is -1.02. The topological polar surface area (TPSA) is 13.7 Å². The van der Waals surface area contributed by atoms with Crippen LogP contribution >= 0.6 is 0 Å². The summed E-state index contributed by atoms with van der Waals surface area (Å²) in [5.41, 5.74) is 1.66. The van der Waals surface area contributed by atoms with Gasteiger partial charge in [-0.3, -0.25) is 0 Å². The molecular weight excluding hydrogens is 294 g/mol. The highest BCUT2D eigenvalue weighted by atomic mass is 16.5. The van der Waals surface area contributed by atoms with E-state index >= 15 is 0 Å². The van der Waals surface area contributed by atoms with Crippen molar-refractivity contribution >= 4 is 0 Å². The lowest BCUT2D eigenvalue weighted by Crippen LogP contribution is -3.13. The molecule has 2 rings (SSSR count). The van der Waals surface area contributed by atoms with Crippen LogP contribution in [0, 0.1) is 5.92 Å². The molecule has 0 spiro atoms. The van der Waals surface area contributed by atoms with E-state index in [9.17, 15) is 0 Å². The van der Waals surface area contributed by atoms with Crippen LogP contribution in [0.15, 0.2) is 24.3 Å². The predicted molar refractivity (Wildman–Crippen MR) is 103 cm³/mol. The molecule has 1 aromatic carbocycles. The number of rotatable bonds is 9. The number of quaternary nitrogens is 1. The van der Waals surface area contributed by atoms with Gasteiger partial charge in [0.25, 0.3) is 0 Å². The van der Waals surface area contributed by atoms with E-state index in [4.69, 9.17) is 4.74 Å². The SMILES string of the molecule is CCC(C)(C)c1ccc(OCCCCC[NH+]2CCC[C@@H](C)C2)cc1. The van der Waals surface area contributed by atoms with Gasteiger partial charge in [-0.05, 0) is 61.6 Å². The Balaban J connectivity index is 1.59. The molecule has 0 saturated carbocycles. The van der Waals surface area contributed by atoms with E-state index in [0.717, 1.165) is 24.7 Å². The third-order valence-corrected chi connectivity index (χ3v) is 5.83. The number of ether oxygens (including phenoxy) is 1. The minimum Gasteiger partial charge on any atom is -0.494 e. The fraction of sp³-hybridized carbons (Fsp3) is 0.727. The molecule has 0 aromatic heterocycles. The van der Waals surface area contributed by atoms with Crippen LogP contribution in [-0.2, 0) is 5.41 Å². The first kappa shape index (κ1) is 19.3. The van der Waals surface area contributed by atoms with Crippen molar-refractivity contribution in [3.63, 3.8) is 0 Å². The van der Waals surface area contributed by atoms with Crippen molar-refractivity contribution in [2.45, 2.75) is 71.6 Å². The molecule has 1 fully saturated rings. The minimum absolute atomic E-state index is 0.257. The highest BCUT2D eigenvalue weighted by Gasteiger charge is 2.19. The highest BCUT2D eigenvalue weighted by molar-refractivity contribution is 5.31. The van der Waals surface area contributed by atoms with Crippen molar-refractivity contribution in [1.29, 1.82) is 0 Å². The molecule has 0 bridgehead atoms. The van der Waals surface area contributed by atoms with Gasteiger partial charge in [-0.25, -0.2) is 0 Å². The van der Waals surface area contributed by atoms with Gasteiger partial charge < -0.3 is 9.64 Å². The van der Waals surface area contributed by atoms with Gasteiger partial charge in [0.1, 0.15) is 5.75 Å². The van der Waals surface area contributed by atoms with E-state index in [1.54, 1.807) is 0 Å². The van der Waals surface area contributed by atoms with E-state index in [1.165, 1.54) is 57.3 Å². The van der Waals surface area contributed by atoms with E-state index in [-0.39, 0.29) is 5.41 Å². The van der Waals surface area contributed by atoms with Crippen LogP contribution in [0.4, 0.5) is 0 Å². The molecule has 1 unspecified atom stereocenters. The van der Waals surface area contributed by atoms with Crippen molar-refractivity contribution in [1.82, 2.24) is 0 Å². The van der Waals surface area contributed by atoms with Crippen molar-refractivity contribution in [3.05, 3.63) is 29.8 Å². The summed E-state index contributed by atoms with van der Waals surface area (Å²) in [6.45, 7) is 14.2. The molecule has 0 aliphatic carbocycles. The van der Waals surface area contributed by atoms with Gasteiger partial charge in [0, 0.05) is 5.92 Å². The first-order valence-electron chi connectivity index (χ1n) is 10.1. The molecule has 1 saturated heterocycles. The number of hydrogen-bond acceptors (Lipinski definition) is 1. The lowest BCUT2D eigenvalue weighted by molar-refractivity contribution is -0.908. The van der Waals surface area contributed by atoms with E-state index in [2.05, 4.69) is 52.0 Å². The molecule has 2 atom stereocenters. The second-order valence-corrected chi connectivity index (χ2v) is 8.37. The van der Waals surface area contributed by atoms with Crippen molar-refractivity contribution in [2.75, 3.05) is 26.2 Å². The van der Waals surface area contributed by atoms with Crippen LogP contribution in [-0.4, -0.2) is 26.2 Å². The minimum atomic E-state index is 0.257. The zero-order valence-electron chi connectivity index (χ0n) is 16.4.